The number of hydrogen-bond acceptors (Lipinski definition) is 1. The standard InChI is InChI=1S/C14H20O/c1-14(10-11-14)13(15)9-5-8-12-6-3-2-4-7-12/h2-4,6-7,13,15H,5,8-11H2,1H3. The Morgan fingerprint density at radius 2 is 1.93 bits per heavy atom. The molecule has 0 heterocycles. The first kappa shape index (κ1) is 10.7. The topological polar surface area (TPSA) is 20.2 Å². The highest BCUT2D eigenvalue weighted by atomic mass is 16.3. The van der Waals surface area contributed by atoms with E-state index in [0.717, 1.165) is 19.3 Å². The van der Waals surface area contributed by atoms with Crippen molar-refractivity contribution >= 4 is 0 Å². The molecule has 1 nitrogen and oxygen atoms in total. The molecule has 0 saturated heterocycles. The molecule has 15 heavy (non-hydrogen) atoms. The smallest absolute Gasteiger partial charge is 0.0593 e. The summed E-state index contributed by atoms with van der Waals surface area (Å²) in [6.45, 7) is 2.19. The normalized spacial score (nSPS) is 19.9. The molecule has 1 fully saturated rings. The highest BCUT2D eigenvalue weighted by Crippen LogP contribution is 2.49. The Hall–Kier alpha value is -0.820. The van der Waals surface area contributed by atoms with Crippen LogP contribution < -0.4 is 0 Å². The van der Waals surface area contributed by atoms with Gasteiger partial charge in [0, 0.05) is 0 Å². The molecule has 0 bridgehead atoms. The second-order valence-corrected chi connectivity index (χ2v) is 5.05. The third-order valence-electron chi connectivity index (χ3n) is 3.63. The maximum atomic E-state index is 9.93. The van der Waals surface area contributed by atoms with E-state index in [9.17, 15) is 5.11 Å². The summed E-state index contributed by atoms with van der Waals surface area (Å²) in [5.41, 5.74) is 1.64. The van der Waals surface area contributed by atoms with Crippen molar-refractivity contribution in [3.05, 3.63) is 35.9 Å². The average Bonchev–Trinajstić information content (AvgIpc) is 2.99. The molecule has 1 aromatic carbocycles. The van der Waals surface area contributed by atoms with Gasteiger partial charge in [0.15, 0.2) is 0 Å². The molecule has 0 aromatic heterocycles. The summed E-state index contributed by atoms with van der Waals surface area (Å²) in [4.78, 5) is 0. The van der Waals surface area contributed by atoms with Gasteiger partial charge in [-0.2, -0.15) is 0 Å². The van der Waals surface area contributed by atoms with Crippen molar-refractivity contribution in [3.63, 3.8) is 0 Å². The van der Waals surface area contributed by atoms with E-state index in [1.54, 1.807) is 0 Å². The lowest BCUT2D eigenvalue weighted by atomic mass is 9.96. The molecule has 1 aliphatic carbocycles. The van der Waals surface area contributed by atoms with Crippen LogP contribution in [0.1, 0.15) is 38.2 Å². The molecule has 0 aliphatic heterocycles. The molecular formula is C14H20O. The number of aliphatic hydroxyl groups is 1. The van der Waals surface area contributed by atoms with Gasteiger partial charge < -0.3 is 5.11 Å². The Balaban J connectivity index is 1.71. The Bertz CT molecular complexity index is 300. The first-order valence-corrected chi connectivity index (χ1v) is 5.93. The van der Waals surface area contributed by atoms with Crippen LogP contribution in [-0.4, -0.2) is 11.2 Å². The fourth-order valence-electron chi connectivity index (χ4n) is 2.02. The van der Waals surface area contributed by atoms with Crippen LogP contribution in [-0.2, 0) is 6.42 Å². The Labute approximate surface area is 92.1 Å². The highest BCUT2D eigenvalue weighted by Gasteiger charge is 2.43. The zero-order chi connectivity index (χ0) is 10.7. The van der Waals surface area contributed by atoms with Crippen molar-refractivity contribution in [2.75, 3.05) is 0 Å². The van der Waals surface area contributed by atoms with Gasteiger partial charge in [-0.25, -0.2) is 0 Å². The Morgan fingerprint density at radius 3 is 2.53 bits per heavy atom. The zero-order valence-corrected chi connectivity index (χ0v) is 9.45. The maximum Gasteiger partial charge on any atom is 0.0593 e. The van der Waals surface area contributed by atoms with E-state index in [4.69, 9.17) is 0 Å². The molecule has 0 spiro atoms. The van der Waals surface area contributed by atoms with Crippen molar-refractivity contribution in [2.45, 2.75) is 45.1 Å². The van der Waals surface area contributed by atoms with E-state index < -0.39 is 0 Å². The molecule has 1 unspecified atom stereocenters. The van der Waals surface area contributed by atoms with E-state index in [-0.39, 0.29) is 11.5 Å². The molecule has 1 N–H and O–H groups in total. The summed E-state index contributed by atoms with van der Waals surface area (Å²) < 4.78 is 0. The summed E-state index contributed by atoms with van der Waals surface area (Å²) in [7, 11) is 0. The van der Waals surface area contributed by atoms with Gasteiger partial charge in [0.1, 0.15) is 0 Å². The lowest BCUT2D eigenvalue weighted by molar-refractivity contribution is 0.0922. The summed E-state index contributed by atoms with van der Waals surface area (Å²) in [5, 5.41) is 9.93. The van der Waals surface area contributed by atoms with Crippen molar-refractivity contribution in [1.82, 2.24) is 0 Å². The minimum Gasteiger partial charge on any atom is -0.393 e. The summed E-state index contributed by atoms with van der Waals surface area (Å²) in [6.07, 6.45) is 5.47. The molecule has 82 valence electrons. The van der Waals surface area contributed by atoms with Crippen LogP contribution in [0.4, 0.5) is 0 Å². The highest BCUT2D eigenvalue weighted by molar-refractivity contribution is 5.14. The van der Waals surface area contributed by atoms with E-state index in [1.165, 1.54) is 18.4 Å². The molecular weight excluding hydrogens is 184 g/mol. The molecule has 2 rings (SSSR count). The summed E-state index contributed by atoms with van der Waals surface area (Å²) in [6, 6.07) is 10.5. The van der Waals surface area contributed by atoms with Gasteiger partial charge in [-0.3, -0.25) is 0 Å². The summed E-state index contributed by atoms with van der Waals surface area (Å²) >= 11 is 0. The molecule has 1 heteroatoms. The second-order valence-electron chi connectivity index (χ2n) is 5.05. The second kappa shape index (κ2) is 4.36. The maximum absolute atomic E-state index is 9.93. The predicted octanol–water partition coefficient (Wildman–Crippen LogP) is 3.17. The fourth-order valence-corrected chi connectivity index (χ4v) is 2.02. The van der Waals surface area contributed by atoms with Crippen LogP contribution in [0.5, 0.6) is 0 Å². The third kappa shape index (κ3) is 2.82. The van der Waals surface area contributed by atoms with E-state index in [1.807, 2.05) is 6.07 Å². The minimum absolute atomic E-state index is 0.0822. The SMILES string of the molecule is CC1(C(O)CCCc2ccccc2)CC1. The van der Waals surface area contributed by atoms with Crippen LogP contribution in [0.15, 0.2) is 30.3 Å². The van der Waals surface area contributed by atoms with Crippen LogP contribution in [0.2, 0.25) is 0 Å². The van der Waals surface area contributed by atoms with Crippen molar-refractivity contribution in [1.29, 1.82) is 0 Å². The number of aryl methyl sites for hydroxylation is 1. The van der Waals surface area contributed by atoms with E-state index in [2.05, 4.69) is 31.2 Å². The Kier molecular flexibility index (Phi) is 3.11. The van der Waals surface area contributed by atoms with E-state index in [0.29, 0.717) is 0 Å². The lowest BCUT2D eigenvalue weighted by Crippen LogP contribution is -2.18. The first-order valence-electron chi connectivity index (χ1n) is 5.93. The molecule has 1 aliphatic rings. The number of hydrogen-bond donors (Lipinski definition) is 1. The number of rotatable bonds is 5. The van der Waals surface area contributed by atoms with Gasteiger partial charge >= 0.3 is 0 Å². The van der Waals surface area contributed by atoms with Crippen LogP contribution >= 0.6 is 0 Å². The van der Waals surface area contributed by atoms with Crippen molar-refractivity contribution in [3.8, 4) is 0 Å². The number of benzene rings is 1. The van der Waals surface area contributed by atoms with Crippen LogP contribution in [0.3, 0.4) is 0 Å². The van der Waals surface area contributed by atoms with Crippen LogP contribution in [0.25, 0.3) is 0 Å². The van der Waals surface area contributed by atoms with Gasteiger partial charge in [0.25, 0.3) is 0 Å². The lowest BCUT2D eigenvalue weighted by Gasteiger charge is -2.16. The quantitative estimate of drug-likeness (QED) is 0.781. The first-order chi connectivity index (χ1) is 7.21. The zero-order valence-electron chi connectivity index (χ0n) is 9.45. The van der Waals surface area contributed by atoms with E-state index >= 15 is 0 Å². The third-order valence-corrected chi connectivity index (χ3v) is 3.63. The van der Waals surface area contributed by atoms with Gasteiger partial charge in [0.2, 0.25) is 0 Å². The monoisotopic (exact) mass is 204 g/mol. The van der Waals surface area contributed by atoms with Gasteiger partial charge in [0.05, 0.1) is 6.10 Å². The average molecular weight is 204 g/mol. The summed E-state index contributed by atoms with van der Waals surface area (Å²) in [5.74, 6) is 0. The predicted molar refractivity (Wildman–Crippen MR) is 62.7 cm³/mol. The molecule has 1 saturated carbocycles. The Morgan fingerprint density at radius 1 is 1.27 bits per heavy atom. The minimum atomic E-state index is -0.0822. The van der Waals surface area contributed by atoms with Gasteiger partial charge in [-0.05, 0) is 43.1 Å². The van der Waals surface area contributed by atoms with Crippen molar-refractivity contribution < 1.29 is 5.11 Å². The number of aliphatic hydroxyl groups excluding tert-OH is 1. The van der Waals surface area contributed by atoms with Gasteiger partial charge in [-0.1, -0.05) is 37.3 Å². The van der Waals surface area contributed by atoms with Crippen LogP contribution in [0, 0.1) is 5.41 Å². The fraction of sp³-hybridized carbons (Fsp3) is 0.571. The molecule has 0 amide bonds. The van der Waals surface area contributed by atoms with Gasteiger partial charge in [-0.15, -0.1) is 0 Å². The van der Waals surface area contributed by atoms with Crippen molar-refractivity contribution in [2.24, 2.45) is 5.41 Å². The molecule has 0 radical (unpaired) electrons. The largest absolute Gasteiger partial charge is 0.393 e. The molecule has 1 atom stereocenters. The molecule has 1 aromatic rings.